The van der Waals surface area contributed by atoms with Crippen LogP contribution in [-0.4, -0.2) is 20.4 Å². The fraction of sp³-hybridized carbons (Fsp3) is 0.409. The first-order valence-electron chi connectivity index (χ1n) is 9.88. The van der Waals surface area contributed by atoms with E-state index in [1.165, 1.54) is 0 Å². The molecule has 0 heterocycles. The first-order valence-corrected chi connectivity index (χ1v) is 12.2. The molecule has 0 spiro atoms. The highest BCUT2D eigenvalue weighted by atomic mass is 79.9. The van der Waals surface area contributed by atoms with E-state index in [9.17, 15) is 13.2 Å². The summed E-state index contributed by atoms with van der Waals surface area (Å²) in [6.07, 6.45) is 2.55. The van der Waals surface area contributed by atoms with Gasteiger partial charge in [-0.2, -0.15) is 0 Å². The molecule has 7 heteroatoms. The van der Waals surface area contributed by atoms with Gasteiger partial charge in [0.25, 0.3) is 0 Å². The standard InChI is InChI=1S/C22H29BrN2O3S/c1-5-17-13-19(23)14-18(6-2)22(17)24-21(26)12-9-16-7-10-20(11-8-16)29(27,28)25-15(3)4/h7-8,10-11,13-15,25H,5-6,9,12H2,1-4H3,(H,24,26). The second-order valence-corrected chi connectivity index (χ2v) is 9.90. The molecule has 0 unspecified atom stereocenters. The molecule has 0 saturated carbocycles. The monoisotopic (exact) mass is 480 g/mol. The number of benzene rings is 2. The van der Waals surface area contributed by atoms with Crippen molar-refractivity contribution in [2.24, 2.45) is 0 Å². The second kappa shape index (κ2) is 10.4. The van der Waals surface area contributed by atoms with Crippen LogP contribution in [0.2, 0.25) is 0 Å². The first-order chi connectivity index (χ1) is 13.7. The van der Waals surface area contributed by atoms with Crippen molar-refractivity contribution in [1.29, 1.82) is 0 Å². The largest absolute Gasteiger partial charge is 0.326 e. The summed E-state index contributed by atoms with van der Waals surface area (Å²) in [5.41, 5.74) is 4.05. The highest BCUT2D eigenvalue weighted by molar-refractivity contribution is 9.10. The Balaban J connectivity index is 2.03. The van der Waals surface area contributed by atoms with Gasteiger partial charge in [0.15, 0.2) is 0 Å². The molecule has 158 valence electrons. The lowest BCUT2D eigenvalue weighted by molar-refractivity contribution is -0.116. The smallest absolute Gasteiger partial charge is 0.240 e. The van der Waals surface area contributed by atoms with Gasteiger partial charge in [0.2, 0.25) is 15.9 Å². The zero-order valence-electron chi connectivity index (χ0n) is 17.4. The predicted octanol–water partition coefficient (Wildman–Crippen LogP) is 4.83. The van der Waals surface area contributed by atoms with Gasteiger partial charge in [-0.25, -0.2) is 13.1 Å². The molecule has 0 saturated heterocycles. The SMILES string of the molecule is CCc1cc(Br)cc(CC)c1NC(=O)CCc1ccc(S(=O)(=O)NC(C)C)cc1. The van der Waals surface area contributed by atoms with Crippen molar-refractivity contribution >= 4 is 37.5 Å². The van der Waals surface area contributed by atoms with Gasteiger partial charge in [-0.3, -0.25) is 4.79 Å². The number of hydrogen-bond acceptors (Lipinski definition) is 3. The van der Waals surface area contributed by atoms with Crippen molar-refractivity contribution < 1.29 is 13.2 Å². The number of rotatable bonds is 9. The molecule has 0 aliphatic carbocycles. The molecule has 29 heavy (non-hydrogen) atoms. The Morgan fingerprint density at radius 1 is 1.03 bits per heavy atom. The lowest BCUT2D eigenvalue weighted by atomic mass is 10.0. The molecule has 2 N–H and O–H groups in total. The van der Waals surface area contributed by atoms with Crippen LogP contribution >= 0.6 is 15.9 Å². The van der Waals surface area contributed by atoms with Crippen molar-refractivity contribution in [3.63, 3.8) is 0 Å². The number of carbonyl (C=O) groups excluding carboxylic acids is 1. The van der Waals surface area contributed by atoms with Crippen molar-refractivity contribution in [2.45, 2.75) is 64.3 Å². The average Bonchev–Trinajstić information content (AvgIpc) is 2.66. The van der Waals surface area contributed by atoms with Crippen molar-refractivity contribution in [3.05, 3.63) is 57.6 Å². The maximum absolute atomic E-state index is 12.5. The Morgan fingerprint density at radius 3 is 2.07 bits per heavy atom. The van der Waals surface area contributed by atoms with Crippen LogP contribution in [0.4, 0.5) is 5.69 Å². The van der Waals surface area contributed by atoms with Gasteiger partial charge in [0.1, 0.15) is 0 Å². The van der Waals surface area contributed by atoms with E-state index >= 15 is 0 Å². The molecule has 0 aliphatic heterocycles. The predicted molar refractivity (Wildman–Crippen MR) is 122 cm³/mol. The molecule has 2 rings (SSSR count). The van der Waals surface area contributed by atoms with Gasteiger partial charge in [-0.1, -0.05) is 41.9 Å². The summed E-state index contributed by atoms with van der Waals surface area (Å²) in [5.74, 6) is -0.0464. The average molecular weight is 481 g/mol. The minimum atomic E-state index is -3.50. The molecule has 0 bridgehead atoms. The maximum atomic E-state index is 12.5. The molecule has 2 aromatic rings. The van der Waals surface area contributed by atoms with E-state index in [4.69, 9.17) is 0 Å². The second-order valence-electron chi connectivity index (χ2n) is 7.27. The zero-order chi connectivity index (χ0) is 21.6. The van der Waals surface area contributed by atoms with Gasteiger partial charge in [-0.05, 0) is 74.1 Å². The van der Waals surface area contributed by atoms with E-state index in [-0.39, 0.29) is 16.8 Å². The summed E-state index contributed by atoms with van der Waals surface area (Å²) < 4.78 is 28.0. The van der Waals surface area contributed by atoms with Crippen LogP contribution in [0.15, 0.2) is 45.8 Å². The Kier molecular flexibility index (Phi) is 8.43. The lowest BCUT2D eigenvalue weighted by Gasteiger charge is -2.15. The molecule has 0 fully saturated rings. The summed E-state index contributed by atoms with van der Waals surface area (Å²) in [6.45, 7) is 7.70. The molecule has 0 atom stereocenters. The van der Waals surface area contributed by atoms with Crippen LogP contribution < -0.4 is 10.0 Å². The molecular formula is C22H29BrN2O3S. The maximum Gasteiger partial charge on any atom is 0.240 e. The minimum Gasteiger partial charge on any atom is -0.326 e. The van der Waals surface area contributed by atoms with Gasteiger partial charge < -0.3 is 5.32 Å². The Labute approximate surface area is 182 Å². The van der Waals surface area contributed by atoms with E-state index in [1.807, 2.05) is 12.1 Å². The molecule has 2 aromatic carbocycles. The quantitative estimate of drug-likeness (QED) is 0.539. The fourth-order valence-corrected chi connectivity index (χ4v) is 4.92. The topological polar surface area (TPSA) is 75.3 Å². The highest BCUT2D eigenvalue weighted by Gasteiger charge is 2.15. The summed E-state index contributed by atoms with van der Waals surface area (Å²) in [5, 5.41) is 3.07. The summed E-state index contributed by atoms with van der Waals surface area (Å²) in [4.78, 5) is 12.8. The number of halogens is 1. The normalized spacial score (nSPS) is 11.7. The number of amides is 1. The number of aryl methyl sites for hydroxylation is 3. The molecule has 5 nitrogen and oxygen atoms in total. The molecule has 0 aromatic heterocycles. The molecular weight excluding hydrogens is 452 g/mol. The number of nitrogens with one attached hydrogen (secondary N) is 2. The minimum absolute atomic E-state index is 0.0464. The van der Waals surface area contributed by atoms with Crippen molar-refractivity contribution in [3.8, 4) is 0 Å². The number of anilines is 1. The third kappa shape index (κ3) is 6.66. The van der Waals surface area contributed by atoms with E-state index in [1.54, 1.807) is 38.1 Å². The molecule has 0 aliphatic rings. The van der Waals surface area contributed by atoms with Gasteiger partial charge in [0, 0.05) is 22.6 Å². The van der Waals surface area contributed by atoms with Gasteiger partial charge in [0.05, 0.1) is 4.90 Å². The van der Waals surface area contributed by atoms with Crippen LogP contribution in [0.1, 0.15) is 50.8 Å². The molecule has 1 amide bonds. The Bertz CT molecular complexity index is 930. The highest BCUT2D eigenvalue weighted by Crippen LogP contribution is 2.27. The van der Waals surface area contributed by atoms with Crippen LogP contribution in [0, 0.1) is 0 Å². The van der Waals surface area contributed by atoms with Crippen LogP contribution in [-0.2, 0) is 34.1 Å². The van der Waals surface area contributed by atoms with Crippen LogP contribution in [0.25, 0.3) is 0 Å². The lowest BCUT2D eigenvalue weighted by Crippen LogP contribution is -2.30. The molecule has 0 radical (unpaired) electrons. The van der Waals surface area contributed by atoms with Crippen molar-refractivity contribution in [2.75, 3.05) is 5.32 Å². The van der Waals surface area contributed by atoms with Gasteiger partial charge in [-0.15, -0.1) is 0 Å². The summed E-state index contributed by atoms with van der Waals surface area (Å²) in [7, 11) is -3.50. The Hall–Kier alpha value is -1.70. The number of hydrogen-bond donors (Lipinski definition) is 2. The third-order valence-electron chi connectivity index (χ3n) is 4.56. The first kappa shape index (κ1) is 23.6. The van der Waals surface area contributed by atoms with Crippen molar-refractivity contribution in [1.82, 2.24) is 4.72 Å². The van der Waals surface area contributed by atoms with E-state index in [2.05, 4.69) is 39.8 Å². The third-order valence-corrected chi connectivity index (χ3v) is 6.69. The number of carbonyl (C=O) groups is 1. The summed E-state index contributed by atoms with van der Waals surface area (Å²) >= 11 is 3.53. The van der Waals surface area contributed by atoms with Gasteiger partial charge >= 0.3 is 0 Å². The van der Waals surface area contributed by atoms with Crippen LogP contribution in [0.5, 0.6) is 0 Å². The Morgan fingerprint density at radius 2 is 1.59 bits per heavy atom. The summed E-state index contributed by atoms with van der Waals surface area (Å²) in [6, 6.07) is 10.6. The van der Waals surface area contributed by atoms with Crippen LogP contribution in [0.3, 0.4) is 0 Å². The zero-order valence-corrected chi connectivity index (χ0v) is 19.8. The fourth-order valence-electron chi connectivity index (χ4n) is 3.12. The van der Waals surface area contributed by atoms with E-state index in [0.29, 0.717) is 12.8 Å². The van der Waals surface area contributed by atoms with E-state index < -0.39 is 10.0 Å². The van der Waals surface area contributed by atoms with E-state index in [0.717, 1.165) is 39.7 Å². The number of sulfonamides is 1.